The predicted molar refractivity (Wildman–Crippen MR) is 164 cm³/mol. The van der Waals surface area contributed by atoms with E-state index in [1.807, 2.05) is 18.2 Å². The minimum atomic E-state index is -3.78. The Bertz CT molecular complexity index is 1790. The molecule has 4 aromatic rings. The molecule has 0 unspecified atom stereocenters. The molecular weight excluding hydrogens is 574 g/mol. The summed E-state index contributed by atoms with van der Waals surface area (Å²) in [5, 5.41) is 3.41. The zero-order chi connectivity index (χ0) is 29.4. The number of hydrogen-bond donors (Lipinski definition) is 1. The highest BCUT2D eigenvalue weighted by atomic mass is 35.5. The number of nitrogens with one attached hydrogen (secondary N) is 1. The molecular formula is C32H28ClN3O5S. The van der Waals surface area contributed by atoms with Crippen LogP contribution in [0.25, 0.3) is 0 Å². The van der Waals surface area contributed by atoms with Crippen LogP contribution in [0.4, 0.5) is 17.1 Å². The van der Waals surface area contributed by atoms with Crippen molar-refractivity contribution in [3.8, 4) is 5.75 Å². The van der Waals surface area contributed by atoms with Gasteiger partial charge < -0.3 is 15.0 Å². The van der Waals surface area contributed by atoms with Crippen molar-refractivity contribution in [1.29, 1.82) is 0 Å². The number of nitrogens with zero attached hydrogens (tertiary/aromatic N) is 2. The Kier molecular flexibility index (Phi) is 7.38. The van der Waals surface area contributed by atoms with Crippen molar-refractivity contribution in [3.05, 3.63) is 112 Å². The lowest BCUT2D eigenvalue weighted by atomic mass is 10.0. The quantitative estimate of drug-likeness (QED) is 0.295. The third-order valence-electron chi connectivity index (χ3n) is 7.64. The van der Waals surface area contributed by atoms with Crippen LogP contribution in [0.2, 0.25) is 5.02 Å². The van der Waals surface area contributed by atoms with Gasteiger partial charge in [-0.05, 0) is 109 Å². The molecule has 2 aliphatic heterocycles. The van der Waals surface area contributed by atoms with Gasteiger partial charge in [0.25, 0.3) is 21.8 Å². The van der Waals surface area contributed by atoms with Crippen molar-refractivity contribution in [1.82, 2.24) is 0 Å². The highest BCUT2D eigenvalue weighted by molar-refractivity contribution is 7.92. The first-order valence-electron chi connectivity index (χ1n) is 13.6. The maximum absolute atomic E-state index is 13.4. The smallest absolute Gasteiger partial charge is 0.264 e. The van der Waals surface area contributed by atoms with Gasteiger partial charge in [-0.2, -0.15) is 0 Å². The molecule has 0 saturated carbocycles. The molecule has 0 saturated heterocycles. The molecule has 8 nitrogen and oxygen atoms in total. The van der Waals surface area contributed by atoms with Crippen LogP contribution < -0.4 is 19.3 Å². The van der Waals surface area contributed by atoms with Crippen LogP contribution in [0.1, 0.15) is 38.3 Å². The van der Waals surface area contributed by atoms with E-state index in [4.69, 9.17) is 16.3 Å². The predicted octanol–water partition coefficient (Wildman–Crippen LogP) is 5.95. The third kappa shape index (κ3) is 5.21. The highest BCUT2D eigenvalue weighted by Crippen LogP contribution is 2.35. The van der Waals surface area contributed by atoms with E-state index in [0.29, 0.717) is 59.2 Å². The van der Waals surface area contributed by atoms with E-state index in [-0.39, 0.29) is 16.7 Å². The van der Waals surface area contributed by atoms with E-state index in [1.54, 1.807) is 66.6 Å². The summed E-state index contributed by atoms with van der Waals surface area (Å²) in [7, 11) is -2.20. The second-order valence-electron chi connectivity index (χ2n) is 10.2. The number of benzene rings is 4. The van der Waals surface area contributed by atoms with Crippen LogP contribution >= 0.6 is 11.6 Å². The van der Waals surface area contributed by atoms with E-state index >= 15 is 0 Å². The van der Waals surface area contributed by atoms with E-state index in [0.717, 1.165) is 23.2 Å². The van der Waals surface area contributed by atoms with E-state index in [2.05, 4.69) is 5.32 Å². The topological polar surface area (TPSA) is 96.0 Å². The summed E-state index contributed by atoms with van der Waals surface area (Å²) in [5.74, 6) is 0.241. The fraction of sp³-hybridized carbons (Fsp3) is 0.188. The molecule has 10 heteroatoms. The van der Waals surface area contributed by atoms with Gasteiger partial charge >= 0.3 is 0 Å². The van der Waals surface area contributed by atoms with Crippen molar-refractivity contribution in [3.63, 3.8) is 0 Å². The number of methoxy groups -OCH3 is 1. The second kappa shape index (κ2) is 11.2. The minimum absolute atomic E-state index is 0.118. The first-order chi connectivity index (χ1) is 20.2. The number of ether oxygens (including phenoxy) is 1. The van der Waals surface area contributed by atoms with Gasteiger partial charge in [0.2, 0.25) is 0 Å². The Morgan fingerprint density at radius 3 is 2.29 bits per heavy atom. The average molecular weight is 602 g/mol. The van der Waals surface area contributed by atoms with Crippen molar-refractivity contribution in [2.75, 3.05) is 34.7 Å². The lowest BCUT2D eigenvalue weighted by Crippen LogP contribution is -2.35. The summed E-state index contributed by atoms with van der Waals surface area (Å²) in [5.41, 5.74) is 4.70. The number of carbonyl (C=O) groups is 2. The molecule has 2 amide bonds. The Morgan fingerprint density at radius 1 is 0.810 bits per heavy atom. The molecule has 4 aromatic carbocycles. The Balaban J connectivity index is 1.21. The van der Waals surface area contributed by atoms with Crippen molar-refractivity contribution < 1.29 is 22.7 Å². The molecule has 0 radical (unpaired) electrons. The maximum atomic E-state index is 13.4. The number of carbonyl (C=O) groups excluding carboxylic acids is 2. The monoisotopic (exact) mass is 601 g/mol. The van der Waals surface area contributed by atoms with Crippen molar-refractivity contribution in [2.24, 2.45) is 0 Å². The summed E-state index contributed by atoms with van der Waals surface area (Å²) in [6.45, 7) is 0.905. The van der Waals surface area contributed by atoms with Crippen LogP contribution in [0.15, 0.2) is 89.8 Å². The van der Waals surface area contributed by atoms with Gasteiger partial charge in [0.1, 0.15) is 5.75 Å². The van der Waals surface area contributed by atoms with Gasteiger partial charge in [0, 0.05) is 40.6 Å². The van der Waals surface area contributed by atoms with E-state index in [1.165, 1.54) is 16.4 Å². The standard InChI is InChI=1S/C32H28ClN3O5S/c1-41-27-11-5-22(6-12-27)32(38)35-18-16-21-4-10-26(20-30(21)35)34-31(37)24-7-15-29-23(19-24)3-2-17-36(29)42(39,40)28-13-8-25(33)9-14-28/h4-15,19-20H,2-3,16-18H2,1H3,(H,34,37). The summed E-state index contributed by atoms with van der Waals surface area (Å²) in [6, 6.07) is 23.7. The van der Waals surface area contributed by atoms with Gasteiger partial charge in [-0.15, -0.1) is 0 Å². The molecule has 0 fully saturated rings. The molecule has 0 aliphatic carbocycles. The maximum Gasteiger partial charge on any atom is 0.264 e. The summed E-state index contributed by atoms with van der Waals surface area (Å²) >= 11 is 5.95. The first kappa shape index (κ1) is 27.8. The van der Waals surface area contributed by atoms with Crippen LogP contribution in [0.3, 0.4) is 0 Å². The van der Waals surface area contributed by atoms with Gasteiger partial charge in [0.05, 0.1) is 17.7 Å². The molecule has 1 N–H and O–H groups in total. The molecule has 0 atom stereocenters. The first-order valence-corrected chi connectivity index (χ1v) is 15.4. The Labute approximate surface area is 249 Å². The number of halogens is 1. The largest absolute Gasteiger partial charge is 0.497 e. The summed E-state index contributed by atoms with van der Waals surface area (Å²) in [6.07, 6.45) is 2.02. The summed E-state index contributed by atoms with van der Waals surface area (Å²) in [4.78, 5) is 28.4. The fourth-order valence-electron chi connectivity index (χ4n) is 5.45. The number of aryl methyl sites for hydroxylation is 1. The lowest BCUT2D eigenvalue weighted by molar-refractivity contribution is 0.0988. The SMILES string of the molecule is COc1ccc(C(=O)N2CCc3ccc(NC(=O)c4ccc5c(c4)CCCN5S(=O)(=O)c4ccc(Cl)cc4)cc32)cc1. The van der Waals surface area contributed by atoms with Gasteiger partial charge in [-0.1, -0.05) is 17.7 Å². The van der Waals surface area contributed by atoms with E-state index < -0.39 is 10.0 Å². The minimum Gasteiger partial charge on any atom is -0.497 e. The van der Waals surface area contributed by atoms with Gasteiger partial charge in [-0.3, -0.25) is 13.9 Å². The van der Waals surface area contributed by atoms with Crippen LogP contribution in [0, 0.1) is 0 Å². The molecule has 0 bridgehead atoms. The fourth-order valence-corrected chi connectivity index (χ4v) is 7.11. The molecule has 0 spiro atoms. The highest BCUT2D eigenvalue weighted by Gasteiger charge is 2.30. The average Bonchev–Trinajstić information content (AvgIpc) is 3.43. The zero-order valence-corrected chi connectivity index (χ0v) is 24.4. The number of rotatable bonds is 6. The Morgan fingerprint density at radius 2 is 1.55 bits per heavy atom. The molecule has 6 rings (SSSR count). The molecule has 42 heavy (non-hydrogen) atoms. The molecule has 0 aromatic heterocycles. The number of amides is 2. The third-order valence-corrected chi connectivity index (χ3v) is 9.72. The normalized spacial score (nSPS) is 14.2. The van der Waals surface area contributed by atoms with Gasteiger partial charge in [-0.25, -0.2) is 8.42 Å². The summed E-state index contributed by atoms with van der Waals surface area (Å²) < 4.78 is 33.3. The van der Waals surface area contributed by atoms with Gasteiger partial charge in [0.15, 0.2) is 0 Å². The number of anilines is 3. The van der Waals surface area contributed by atoms with Crippen LogP contribution in [-0.2, 0) is 22.9 Å². The lowest BCUT2D eigenvalue weighted by Gasteiger charge is -2.30. The number of sulfonamides is 1. The number of fused-ring (bicyclic) bond motifs is 2. The van der Waals surface area contributed by atoms with Crippen molar-refractivity contribution >= 4 is 50.5 Å². The molecule has 2 aliphatic rings. The van der Waals surface area contributed by atoms with Crippen LogP contribution in [-0.4, -0.2) is 40.4 Å². The van der Waals surface area contributed by atoms with E-state index in [9.17, 15) is 18.0 Å². The zero-order valence-electron chi connectivity index (χ0n) is 22.8. The Hall–Kier alpha value is -4.34. The second-order valence-corrected chi connectivity index (χ2v) is 12.5. The van der Waals surface area contributed by atoms with Crippen LogP contribution in [0.5, 0.6) is 5.75 Å². The molecule has 214 valence electrons. The number of hydrogen-bond acceptors (Lipinski definition) is 5. The van der Waals surface area contributed by atoms with Crippen molar-refractivity contribution in [2.45, 2.75) is 24.2 Å². The molecule has 2 heterocycles.